The second-order valence-electron chi connectivity index (χ2n) is 10.2. The van der Waals surface area contributed by atoms with Crippen molar-refractivity contribution >= 4 is 22.6 Å². The Labute approximate surface area is 198 Å². The number of carbonyl (C=O) groups excluding carboxylic acids is 1. The van der Waals surface area contributed by atoms with Crippen molar-refractivity contribution in [2.45, 2.75) is 83.0 Å². The number of amides is 1. The zero-order chi connectivity index (χ0) is 23.9. The summed E-state index contributed by atoms with van der Waals surface area (Å²) >= 11 is 0. The number of rotatable bonds is 4. The van der Waals surface area contributed by atoms with Crippen molar-refractivity contribution in [2.75, 3.05) is 11.5 Å². The Hall–Kier alpha value is -2.44. The Balaban J connectivity index is 1.37. The molecule has 7 heteroatoms. The summed E-state index contributed by atoms with van der Waals surface area (Å²) in [4.78, 5) is 13.5. The van der Waals surface area contributed by atoms with Crippen LogP contribution in [-0.4, -0.2) is 24.8 Å². The Morgan fingerprint density at radius 2 is 1.65 bits per heavy atom. The Kier molecular flexibility index (Phi) is 6.38. The number of ether oxygens (including phenoxy) is 2. The highest BCUT2D eigenvalue weighted by Crippen LogP contribution is 2.44. The number of cyclic esters (lactones) is 1. The number of nitrogens with zero attached hydrogens (tertiary/aromatic N) is 1. The maximum absolute atomic E-state index is 14.2. The first-order valence-electron chi connectivity index (χ1n) is 12.6. The number of hydrogen-bond acceptors (Lipinski definition) is 3. The summed E-state index contributed by atoms with van der Waals surface area (Å²) in [5.41, 5.74) is -0.201. The van der Waals surface area contributed by atoms with Gasteiger partial charge in [0.25, 0.3) is 0 Å². The Morgan fingerprint density at radius 1 is 0.941 bits per heavy atom. The zero-order valence-electron chi connectivity index (χ0n) is 19.6. The van der Waals surface area contributed by atoms with Crippen LogP contribution in [0, 0.1) is 11.8 Å². The molecule has 0 radical (unpaired) electrons. The van der Waals surface area contributed by atoms with Crippen LogP contribution in [0.3, 0.4) is 0 Å². The lowest BCUT2D eigenvalue weighted by Gasteiger charge is -2.36. The van der Waals surface area contributed by atoms with E-state index in [2.05, 4.69) is 0 Å². The lowest BCUT2D eigenvalue weighted by molar-refractivity contribution is -0.138. The highest BCUT2D eigenvalue weighted by atomic mass is 19.4. The maximum atomic E-state index is 14.2. The molecule has 2 saturated carbocycles. The van der Waals surface area contributed by atoms with Crippen molar-refractivity contribution in [3.8, 4) is 5.75 Å². The van der Waals surface area contributed by atoms with Gasteiger partial charge in [-0.15, -0.1) is 0 Å². The van der Waals surface area contributed by atoms with E-state index in [1.54, 1.807) is 18.2 Å². The van der Waals surface area contributed by atoms with Crippen molar-refractivity contribution in [2.24, 2.45) is 11.8 Å². The predicted octanol–water partition coefficient (Wildman–Crippen LogP) is 7.72. The molecular weight excluding hydrogens is 443 g/mol. The van der Waals surface area contributed by atoms with E-state index < -0.39 is 17.8 Å². The topological polar surface area (TPSA) is 38.8 Å². The summed E-state index contributed by atoms with van der Waals surface area (Å²) in [6.07, 6.45) is 5.05. The monoisotopic (exact) mass is 475 g/mol. The number of hydrogen-bond donors (Lipinski definition) is 0. The van der Waals surface area contributed by atoms with E-state index >= 15 is 0 Å². The van der Waals surface area contributed by atoms with Crippen LogP contribution in [-0.2, 0) is 10.9 Å². The third-order valence-electron chi connectivity index (χ3n) is 7.94. The molecule has 5 rings (SSSR count). The highest BCUT2D eigenvalue weighted by molar-refractivity contribution is 5.96. The van der Waals surface area contributed by atoms with Crippen molar-refractivity contribution in [1.82, 2.24) is 0 Å². The van der Waals surface area contributed by atoms with Crippen molar-refractivity contribution in [3.63, 3.8) is 0 Å². The lowest BCUT2D eigenvalue weighted by atomic mass is 9.73. The van der Waals surface area contributed by atoms with Crippen LogP contribution < -0.4 is 9.64 Å². The molecule has 34 heavy (non-hydrogen) atoms. The van der Waals surface area contributed by atoms with Gasteiger partial charge in [0.15, 0.2) is 0 Å². The van der Waals surface area contributed by atoms with Gasteiger partial charge in [-0.1, -0.05) is 44.2 Å². The standard InChI is InChI=1S/C27H32F3NO3/c1-17-16-33-26(32)31(17)21-10-13-23-20(15-21)9-14-24(25(23)27(28,29)30)34-22-11-7-19(8-12-22)18-5-3-2-4-6-18/h9-10,13-15,17-19,22H,2-8,11-12,16H2,1H3/t17-,19-,22+/m1/s1. The molecule has 0 bridgehead atoms. The predicted molar refractivity (Wildman–Crippen MR) is 125 cm³/mol. The fourth-order valence-corrected chi connectivity index (χ4v) is 6.18. The molecule has 1 aliphatic heterocycles. The molecule has 1 heterocycles. The molecule has 1 atom stereocenters. The minimum Gasteiger partial charge on any atom is -0.490 e. The quantitative estimate of drug-likeness (QED) is 0.454. The summed E-state index contributed by atoms with van der Waals surface area (Å²) in [5.74, 6) is 1.38. The zero-order valence-corrected chi connectivity index (χ0v) is 19.6. The number of halogens is 3. The second kappa shape index (κ2) is 9.31. The van der Waals surface area contributed by atoms with Gasteiger partial charge in [-0.2, -0.15) is 13.2 Å². The van der Waals surface area contributed by atoms with Crippen molar-refractivity contribution in [3.05, 3.63) is 35.9 Å². The first kappa shape index (κ1) is 23.3. The van der Waals surface area contributed by atoms with Gasteiger partial charge < -0.3 is 9.47 Å². The van der Waals surface area contributed by atoms with E-state index in [9.17, 15) is 18.0 Å². The highest BCUT2D eigenvalue weighted by Gasteiger charge is 2.38. The van der Waals surface area contributed by atoms with Crippen molar-refractivity contribution in [1.29, 1.82) is 0 Å². The molecule has 2 aromatic carbocycles. The molecule has 1 amide bonds. The van der Waals surface area contributed by atoms with E-state index in [0.717, 1.165) is 31.6 Å². The first-order chi connectivity index (χ1) is 16.3. The average molecular weight is 476 g/mol. The smallest absolute Gasteiger partial charge is 0.420 e. The van der Waals surface area contributed by atoms with Gasteiger partial charge in [-0.3, -0.25) is 4.90 Å². The molecule has 0 unspecified atom stereocenters. The molecular formula is C27H32F3NO3. The molecule has 0 aromatic heterocycles. The van der Waals surface area contributed by atoms with E-state index in [1.165, 1.54) is 49.1 Å². The van der Waals surface area contributed by atoms with Crippen LogP contribution >= 0.6 is 0 Å². The van der Waals surface area contributed by atoms with E-state index in [4.69, 9.17) is 9.47 Å². The minimum atomic E-state index is -4.55. The van der Waals surface area contributed by atoms with Crippen LogP contribution in [0.2, 0.25) is 0 Å². The fraction of sp³-hybridized carbons (Fsp3) is 0.593. The van der Waals surface area contributed by atoms with Crippen LogP contribution in [0.5, 0.6) is 5.75 Å². The van der Waals surface area contributed by atoms with E-state index in [-0.39, 0.29) is 29.9 Å². The number of anilines is 1. The number of carbonyl (C=O) groups is 1. The summed E-state index contributed by atoms with van der Waals surface area (Å²) in [5, 5.41) is 0.509. The van der Waals surface area contributed by atoms with Gasteiger partial charge in [0.2, 0.25) is 0 Å². The van der Waals surface area contributed by atoms with Gasteiger partial charge in [0, 0.05) is 5.69 Å². The molecule has 2 aliphatic carbocycles. The third-order valence-corrected chi connectivity index (χ3v) is 7.94. The van der Waals surface area contributed by atoms with Crippen LogP contribution in [0.15, 0.2) is 30.3 Å². The molecule has 1 saturated heterocycles. The molecule has 3 fully saturated rings. The normalized spacial score (nSPS) is 26.6. The van der Waals surface area contributed by atoms with Gasteiger partial charge in [-0.05, 0) is 73.4 Å². The molecule has 2 aromatic rings. The molecule has 0 spiro atoms. The van der Waals surface area contributed by atoms with E-state index in [1.807, 2.05) is 6.92 Å². The van der Waals surface area contributed by atoms with Gasteiger partial charge >= 0.3 is 12.3 Å². The Bertz CT molecular complexity index is 1040. The SMILES string of the molecule is C[C@@H]1COC(=O)N1c1ccc2c(C(F)(F)F)c(O[C@H]3CC[C@@H](C4CCCCC4)CC3)ccc2c1. The third kappa shape index (κ3) is 4.58. The number of fused-ring (bicyclic) bond motifs is 1. The average Bonchev–Trinajstić information content (AvgIpc) is 3.16. The van der Waals surface area contributed by atoms with Gasteiger partial charge in [0.05, 0.1) is 12.1 Å². The fourth-order valence-electron chi connectivity index (χ4n) is 6.18. The molecule has 184 valence electrons. The Morgan fingerprint density at radius 3 is 2.29 bits per heavy atom. The van der Waals surface area contributed by atoms with Crippen LogP contribution in [0.25, 0.3) is 10.8 Å². The molecule has 3 aliphatic rings. The minimum absolute atomic E-state index is 0.0878. The molecule has 4 nitrogen and oxygen atoms in total. The first-order valence-corrected chi connectivity index (χ1v) is 12.6. The van der Waals surface area contributed by atoms with Gasteiger partial charge in [-0.25, -0.2) is 4.79 Å². The second-order valence-corrected chi connectivity index (χ2v) is 10.2. The summed E-state index contributed by atoms with van der Waals surface area (Å²) in [6, 6.07) is 7.54. The van der Waals surface area contributed by atoms with Gasteiger partial charge in [0.1, 0.15) is 17.9 Å². The lowest BCUT2D eigenvalue weighted by Crippen LogP contribution is -2.30. The maximum Gasteiger partial charge on any atom is 0.420 e. The number of benzene rings is 2. The van der Waals surface area contributed by atoms with E-state index in [0.29, 0.717) is 17.0 Å². The summed E-state index contributed by atoms with van der Waals surface area (Å²) in [6.45, 7) is 2.11. The van der Waals surface area contributed by atoms with Crippen LogP contribution in [0.1, 0.15) is 70.3 Å². The molecule has 0 N–H and O–H groups in total. The van der Waals surface area contributed by atoms with Crippen LogP contribution in [0.4, 0.5) is 23.7 Å². The summed E-state index contributed by atoms with van der Waals surface area (Å²) in [7, 11) is 0. The largest absolute Gasteiger partial charge is 0.490 e. The van der Waals surface area contributed by atoms with Crippen molar-refractivity contribution < 1.29 is 27.4 Å². The number of alkyl halides is 3. The summed E-state index contributed by atoms with van der Waals surface area (Å²) < 4.78 is 53.7.